The van der Waals surface area contributed by atoms with Crippen LogP contribution in [0, 0.1) is 17.3 Å². The number of methoxy groups -OCH3 is 2. The van der Waals surface area contributed by atoms with Gasteiger partial charge in [-0.15, -0.1) is 0 Å². The van der Waals surface area contributed by atoms with E-state index >= 15 is 0 Å². The number of aromatic nitrogens is 1. The maximum Gasteiger partial charge on any atom is 0.235 e. The van der Waals surface area contributed by atoms with Gasteiger partial charge in [-0.2, -0.15) is 0 Å². The molecule has 0 radical (unpaired) electrons. The first kappa shape index (κ1) is 23.5. The van der Waals surface area contributed by atoms with Crippen molar-refractivity contribution in [3.8, 4) is 5.75 Å². The second-order valence-corrected chi connectivity index (χ2v) is 9.73. The summed E-state index contributed by atoms with van der Waals surface area (Å²) in [6.45, 7) is 1.55. The van der Waals surface area contributed by atoms with E-state index in [9.17, 15) is 4.79 Å². The van der Waals surface area contributed by atoms with Crippen molar-refractivity contribution in [3.05, 3.63) is 24.0 Å². The van der Waals surface area contributed by atoms with E-state index in [0.717, 1.165) is 49.1 Å². The average Bonchev–Trinajstić information content (AvgIpc) is 3.58. The fraction of sp³-hybridized carbons (Fsp3) is 0.760. The Morgan fingerprint density at radius 1 is 1.09 bits per heavy atom. The monoisotopic (exact) mass is 446 g/mol. The number of ether oxygens (including phenoxy) is 4. The van der Waals surface area contributed by atoms with E-state index in [4.69, 9.17) is 18.9 Å². The summed E-state index contributed by atoms with van der Waals surface area (Å²) in [5, 5.41) is 0. The van der Waals surface area contributed by atoms with Crippen molar-refractivity contribution in [2.24, 2.45) is 17.3 Å². The van der Waals surface area contributed by atoms with E-state index in [-0.39, 0.29) is 18.7 Å². The number of pyridine rings is 1. The van der Waals surface area contributed by atoms with E-state index in [1.807, 2.05) is 17.0 Å². The largest absolute Gasteiger partial charge is 0.493 e. The topological polar surface area (TPSA) is 70.1 Å². The van der Waals surface area contributed by atoms with Crippen LogP contribution in [0.1, 0.15) is 57.1 Å². The Morgan fingerprint density at radius 3 is 2.59 bits per heavy atom. The molecule has 1 aromatic heterocycles. The lowest BCUT2D eigenvalue weighted by Crippen LogP contribution is -2.71. The molecule has 178 valence electrons. The SMILES string of the molecule is COCOC[C@@]1(Cc2cc(OCCC3CC3)ccn2)C(=O)N(COC)[C@H]1CCC1CCC1. The van der Waals surface area contributed by atoms with E-state index < -0.39 is 5.41 Å². The fourth-order valence-electron chi connectivity index (χ4n) is 5.12. The van der Waals surface area contributed by atoms with Crippen LogP contribution in [-0.4, -0.2) is 62.8 Å². The Balaban J connectivity index is 1.47. The second kappa shape index (κ2) is 10.9. The standard InChI is InChI=1S/C25H38N2O5/c1-29-17-27-23(9-8-19-4-3-5-19)25(24(27)28,16-31-18-30-2)15-21-14-22(10-12-26-21)32-13-11-20-6-7-20/h10,12,14,19-20,23H,3-9,11,13,15-18H2,1-2H3/t23-,25+/m0/s1. The van der Waals surface area contributed by atoms with Crippen LogP contribution in [-0.2, 0) is 25.4 Å². The zero-order chi connectivity index (χ0) is 22.4. The molecule has 2 heterocycles. The lowest BCUT2D eigenvalue weighted by Gasteiger charge is -2.56. The highest BCUT2D eigenvalue weighted by Gasteiger charge is 2.60. The fourth-order valence-corrected chi connectivity index (χ4v) is 5.12. The molecule has 2 saturated carbocycles. The maximum absolute atomic E-state index is 13.4. The first-order valence-corrected chi connectivity index (χ1v) is 12.1. The molecule has 1 aliphatic heterocycles. The molecule has 7 heteroatoms. The van der Waals surface area contributed by atoms with Crippen molar-refractivity contribution in [2.75, 3.05) is 41.0 Å². The first-order valence-electron chi connectivity index (χ1n) is 12.1. The van der Waals surface area contributed by atoms with Crippen molar-refractivity contribution in [1.82, 2.24) is 9.88 Å². The molecule has 3 aliphatic rings. The number of hydrogen-bond acceptors (Lipinski definition) is 6. The van der Waals surface area contributed by atoms with Gasteiger partial charge in [0.2, 0.25) is 5.91 Å². The van der Waals surface area contributed by atoms with Crippen LogP contribution in [0.5, 0.6) is 5.75 Å². The summed E-state index contributed by atoms with van der Waals surface area (Å²) in [7, 11) is 3.24. The minimum absolute atomic E-state index is 0.0775. The number of hydrogen-bond donors (Lipinski definition) is 0. The molecule has 0 spiro atoms. The van der Waals surface area contributed by atoms with Crippen molar-refractivity contribution in [3.63, 3.8) is 0 Å². The predicted octanol–water partition coefficient (Wildman–Crippen LogP) is 3.80. The maximum atomic E-state index is 13.4. The smallest absolute Gasteiger partial charge is 0.235 e. The number of likely N-dealkylation sites (tertiary alicyclic amines) is 1. The van der Waals surface area contributed by atoms with Crippen molar-refractivity contribution < 1.29 is 23.7 Å². The first-order chi connectivity index (χ1) is 15.7. The van der Waals surface area contributed by atoms with Gasteiger partial charge in [0.05, 0.1) is 24.7 Å². The lowest BCUT2D eigenvalue weighted by atomic mass is 9.65. The summed E-state index contributed by atoms with van der Waals surface area (Å²) in [6, 6.07) is 3.96. The van der Waals surface area contributed by atoms with Crippen molar-refractivity contribution in [1.29, 1.82) is 0 Å². The van der Waals surface area contributed by atoms with Crippen molar-refractivity contribution in [2.45, 2.75) is 63.8 Å². The van der Waals surface area contributed by atoms with Crippen LogP contribution < -0.4 is 4.74 Å². The van der Waals surface area contributed by atoms with Gasteiger partial charge in [0.15, 0.2) is 0 Å². The Morgan fingerprint density at radius 2 is 1.91 bits per heavy atom. The quantitative estimate of drug-likeness (QED) is 0.232. The molecule has 0 unspecified atom stereocenters. The van der Waals surface area contributed by atoms with Crippen LogP contribution in [0.3, 0.4) is 0 Å². The third-order valence-electron chi connectivity index (χ3n) is 7.38. The minimum Gasteiger partial charge on any atom is -0.493 e. The summed E-state index contributed by atoms with van der Waals surface area (Å²) >= 11 is 0. The summed E-state index contributed by atoms with van der Waals surface area (Å²) in [5.74, 6) is 2.54. The van der Waals surface area contributed by atoms with Gasteiger partial charge in [0.25, 0.3) is 0 Å². The van der Waals surface area contributed by atoms with E-state index in [0.29, 0.717) is 19.8 Å². The summed E-state index contributed by atoms with van der Waals surface area (Å²) in [5.41, 5.74) is 0.231. The van der Waals surface area contributed by atoms with Gasteiger partial charge in [0.1, 0.15) is 19.3 Å². The van der Waals surface area contributed by atoms with Gasteiger partial charge in [-0.25, -0.2) is 0 Å². The number of nitrogens with zero attached hydrogens (tertiary/aromatic N) is 2. The molecule has 7 nitrogen and oxygen atoms in total. The van der Waals surface area contributed by atoms with Crippen LogP contribution >= 0.6 is 0 Å². The molecule has 4 rings (SSSR count). The zero-order valence-electron chi connectivity index (χ0n) is 19.6. The summed E-state index contributed by atoms with van der Waals surface area (Å²) in [4.78, 5) is 19.9. The molecule has 1 amide bonds. The van der Waals surface area contributed by atoms with Crippen LogP contribution in [0.4, 0.5) is 0 Å². The average molecular weight is 447 g/mol. The normalized spacial score (nSPS) is 25.5. The third kappa shape index (κ3) is 5.43. The number of rotatable bonds is 15. The number of amides is 1. The Bertz CT molecular complexity index is 752. The predicted molar refractivity (Wildman–Crippen MR) is 120 cm³/mol. The summed E-state index contributed by atoms with van der Waals surface area (Å²) < 4.78 is 22.2. The van der Waals surface area contributed by atoms with E-state index in [1.54, 1.807) is 20.4 Å². The molecule has 32 heavy (non-hydrogen) atoms. The van der Waals surface area contributed by atoms with E-state index in [2.05, 4.69) is 4.98 Å². The second-order valence-electron chi connectivity index (χ2n) is 9.73. The molecule has 0 aromatic carbocycles. The lowest BCUT2D eigenvalue weighted by molar-refractivity contribution is -0.197. The van der Waals surface area contributed by atoms with Gasteiger partial charge >= 0.3 is 0 Å². The number of β-lactam (4-membered cyclic amide) rings is 1. The molecule has 0 N–H and O–H groups in total. The van der Waals surface area contributed by atoms with Crippen molar-refractivity contribution >= 4 is 5.91 Å². The molecule has 2 aliphatic carbocycles. The van der Waals surface area contributed by atoms with Crippen LogP contribution in [0.2, 0.25) is 0 Å². The van der Waals surface area contributed by atoms with Gasteiger partial charge in [-0.1, -0.05) is 32.1 Å². The van der Waals surface area contributed by atoms with Crippen LogP contribution in [0.25, 0.3) is 0 Å². The Kier molecular flexibility index (Phi) is 8.02. The molecule has 1 aromatic rings. The van der Waals surface area contributed by atoms with Crippen LogP contribution in [0.15, 0.2) is 18.3 Å². The summed E-state index contributed by atoms with van der Waals surface area (Å²) in [6.07, 6.45) is 12.1. The van der Waals surface area contributed by atoms with Gasteiger partial charge in [0, 0.05) is 38.6 Å². The Labute approximate surface area is 191 Å². The highest BCUT2D eigenvalue weighted by Crippen LogP contribution is 2.46. The minimum atomic E-state index is -0.638. The molecule has 1 saturated heterocycles. The number of carbonyl (C=O) groups excluding carboxylic acids is 1. The molecule has 2 atom stereocenters. The highest BCUT2D eigenvalue weighted by molar-refractivity contribution is 5.90. The molecular formula is C25H38N2O5. The Hall–Kier alpha value is -1.70. The van der Waals surface area contributed by atoms with Gasteiger partial charge < -0.3 is 23.8 Å². The molecule has 0 bridgehead atoms. The van der Waals surface area contributed by atoms with E-state index in [1.165, 1.54) is 32.1 Å². The zero-order valence-corrected chi connectivity index (χ0v) is 19.6. The van der Waals surface area contributed by atoms with Gasteiger partial charge in [-0.3, -0.25) is 9.78 Å². The number of carbonyl (C=O) groups is 1. The molecular weight excluding hydrogens is 408 g/mol. The van der Waals surface area contributed by atoms with Gasteiger partial charge in [-0.05, 0) is 37.2 Å². The highest BCUT2D eigenvalue weighted by atomic mass is 16.7. The third-order valence-corrected chi connectivity index (χ3v) is 7.38. The molecule has 3 fully saturated rings.